The minimum atomic E-state index is -3.20. The van der Waals surface area contributed by atoms with Crippen molar-refractivity contribution in [3.05, 3.63) is 53.7 Å². The predicted octanol–water partition coefficient (Wildman–Crippen LogP) is 1.12. The van der Waals surface area contributed by atoms with E-state index < -0.39 is 10.0 Å². The third kappa shape index (κ3) is 5.12. The molecule has 1 fully saturated rings. The topological polar surface area (TPSA) is 136 Å². The van der Waals surface area contributed by atoms with Crippen LogP contribution in [0.25, 0.3) is 5.70 Å². The Bertz CT molecular complexity index is 1370. The minimum Gasteiger partial charge on any atom is -0.330 e. The molecule has 0 amide bonds. The van der Waals surface area contributed by atoms with Gasteiger partial charge in [-0.1, -0.05) is 6.58 Å². The fourth-order valence-corrected chi connectivity index (χ4v) is 5.56. The van der Waals surface area contributed by atoms with Gasteiger partial charge in [0.1, 0.15) is 5.00 Å². The van der Waals surface area contributed by atoms with Gasteiger partial charge in [-0.15, -0.1) is 0 Å². The molecular formula is C21H29N9O2S2. The number of aromatic nitrogens is 5. The second-order valence-electron chi connectivity index (χ2n) is 8.23. The van der Waals surface area contributed by atoms with Crippen molar-refractivity contribution in [3.8, 4) is 0 Å². The minimum absolute atomic E-state index is 0.0729. The highest BCUT2D eigenvalue weighted by Crippen LogP contribution is 2.31. The SMILES string of the molecule is C=C(c1cnn(C)c1)n1cc(CCN)nc(Nc2cc(C3CCN(S(C)(=O)=O)C3)ns2)c1=NC. The number of hydrogen-bond donors (Lipinski definition) is 2. The molecule has 182 valence electrons. The summed E-state index contributed by atoms with van der Waals surface area (Å²) >= 11 is 1.31. The van der Waals surface area contributed by atoms with Gasteiger partial charge in [-0.05, 0) is 30.6 Å². The zero-order valence-electron chi connectivity index (χ0n) is 19.5. The molecule has 34 heavy (non-hydrogen) atoms. The van der Waals surface area contributed by atoms with Gasteiger partial charge in [0.25, 0.3) is 0 Å². The second kappa shape index (κ2) is 9.78. The fourth-order valence-electron chi connectivity index (χ4n) is 3.96. The quantitative estimate of drug-likeness (QED) is 0.470. The van der Waals surface area contributed by atoms with Crippen LogP contribution in [0.5, 0.6) is 0 Å². The number of sulfonamides is 1. The average molecular weight is 504 g/mol. The van der Waals surface area contributed by atoms with Crippen molar-refractivity contribution in [2.45, 2.75) is 18.8 Å². The monoisotopic (exact) mass is 503 g/mol. The number of anilines is 2. The molecule has 1 aliphatic heterocycles. The second-order valence-corrected chi connectivity index (χ2v) is 11.0. The zero-order chi connectivity index (χ0) is 24.5. The van der Waals surface area contributed by atoms with E-state index in [9.17, 15) is 8.42 Å². The number of aryl methyl sites for hydroxylation is 1. The van der Waals surface area contributed by atoms with Gasteiger partial charge in [0.05, 0.1) is 29.5 Å². The summed E-state index contributed by atoms with van der Waals surface area (Å²) in [6.45, 7) is 5.67. The van der Waals surface area contributed by atoms with Crippen LogP contribution in [0, 0.1) is 0 Å². The molecule has 0 spiro atoms. The number of nitrogens with two attached hydrogens (primary N) is 1. The standard InChI is InChI=1S/C21H29N9O2S2/c1-14(16-10-24-28(3)11-16)30-13-17(5-7-22)25-20(21(30)23-2)26-19-9-18(27-33-19)15-6-8-29(12-15)34(4,31)32/h9-11,13,15H,1,5-8,12,22H2,2-4H3,(H,25,26). The van der Waals surface area contributed by atoms with Gasteiger partial charge in [-0.25, -0.2) is 17.7 Å². The number of rotatable bonds is 8. The first kappa shape index (κ1) is 24.3. The van der Waals surface area contributed by atoms with Gasteiger partial charge in [-0.2, -0.15) is 9.47 Å². The van der Waals surface area contributed by atoms with Crippen LogP contribution < -0.4 is 16.5 Å². The van der Waals surface area contributed by atoms with E-state index >= 15 is 0 Å². The zero-order valence-corrected chi connectivity index (χ0v) is 21.1. The molecule has 13 heteroatoms. The van der Waals surface area contributed by atoms with Crippen LogP contribution in [0.4, 0.5) is 10.8 Å². The van der Waals surface area contributed by atoms with Crippen molar-refractivity contribution in [3.63, 3.8) is 0 Å². The molecule has 1 saturated heterocycles. The van der Waals surface area contributed by atoms with Crippen molar-refractivity contribution in [1.82, 2.24) is 28.0 Å². The molecule has 0 aromatic carbocycles. The van der Waals surface area contributed by atoms with Crippen LogP contribution >= 0.6 is 11.5 Å². The molecule has 0 radical (unpaired) electrons. The third-order valence-electron chi connectivity index (χ3n) is 5.72. The lowest BCUT2D eigenvalue weighted by Crippen LogP contribution is -2.27. The summed E-state index contributed by atoms with van der Waals surface area (Å²) in [6, 6.07) is 1.96. The molecule has 4 heterocycles. The molecule has 1 unspecified atom stereocenters. The highest BCUT2D eigenvalue weighted by atomic mass is 32.2. The number of nitrogens with one attached hydrogen (secondary N) is 1. The third-order valence-corrected chi connectivity index (χ3v) is 7.71. The first-order chi connectivity index (χ1) is 16.2. The molecular weight excluding hydrogens is 474 g/mol. The van der Waals surface area contributed by atoms with E-state index in [0.717, 1.165) is 28.4 Å². The maximum atomic E-state index is 11.9. The largest absolute Gasteiger partial charge is 0.330 e. The van der Waals surface area contributed by atoms with Crippen molar-refractivity contribution >= 4 is 38.1 Å². The van der Waals surface area contributed by atoms with Crippen LogP contribution in [0.3, 0.4) is 0 Å². The average Bonchev–Trinajstić information content (AvgIpc) is 3.53. The Balaban J connectivity index is 1.65. The Kier molecular flexibility index (Phi) is 6.98. The summed E-state index contributed by atoms with van der Waals surface area (Å²) < 4.78 is 33.4. The van der Waals surface area contributed by atoms with E-state index in [4.69, 9.17) is 10.7 Å². The van der Waals surface area contributed by atoms with E-state index in [1.54, 1.807) is 17.9 Å². The molecule has 4 rings (SSSR count). The summed E-state index contributed by atoms with van der Waals surface area (Å²) in [4.78, 5) is 9.22. The first-order valence-electron chi connectivity index (χ1n) is 10.8. The lowest BCUT2D eigenvalue weighted by Gasteiger charge is -2.15. The van der Waals surface area contributed by atoms with E-state index in [1.165, 1.54) is 22.1 Å². The Morgan fingerprint density at radius 2 is 2.21 bits per heavy atom. The van der Waals surface area contributed by atoms with Gasteiger partial charge < -0.3 is 11.1 Å². The lowest BCUT2D eigenvalue weighted by atomic mass is 10.1. The molecule has 1 atom stereocenters. The number of hydrogen-bond acceptors (Lipinski definition) is 9. The van der Waals surface area contributed by atoms with Gasteiger partial charge >= 0.3 is 0 Å². The molecule has 0 aliphatic carbocycles. The van der Waals surface area contributed by atoms with Crippen LogP contribution in [-0.2, 0) is 23.5 Å². The normalized spacial score (nSPS) is 17.4. The lowest BCUT2D eigenvalue weighted by molar-refractivity contribution is 0.478. The summed E-state index contributed by atoms with van der Waals surface area (Å²) in [5.74, 6) is 0.640. The highest BCUT2D eigenvalue weighted by molar-refractivity contribution is 7.88. The predicted molar refractivity (Wildman–Crippen MR) is 133 cm³/mol. The van der Waals surface area contributed by atoms with Crippen molar-refractivity contribution in [2.24, 2.45) is 17.8 Å². The maximum Gasteiger partial charge on any atom is 0.211 e. The molecule has 0 saturated carbocycles. The number of nitrogens with zero attached hydrogens (tertiary/aromatic N) is 7. The van der Waals surface area contributed by atoms with Crippen LogP contribution in [0.1, 0.15) is 29.3 Å². The van der Waals surface area contributed by atoms with Gasteiger partial charge in [0.15, 0.2) is 11.3 Å². The molecule has 11 nitrogen and oxygen atoms in total. The molecule has 0 bridgehead atoms. The van der Waals surface area contributed by atoms with Crippen LogP contribution in [-0.4, -0.2) is 69.4 Å². The first-order valence-corrected chi connectivity index (χ1v) is 13.4. The summed E-state index contributed by atoms with van der Waals surface area (Å²) in [5.41, 5.74) is 9.67. The molecule has 3 aromatic heterocycles. The summed E-state index contributed by atoms with van der Waals surface area (Å²) in [6.07, 6.45) is 8.13. The van der Waals surface area contributed by atoms with Crippen LogP contribution in [0.2, 0.25) is 0 Å². The van der Waals surface area contributed by atoms with Crippen molar-refractivity contribution in [1.29, 1.82) is 0 Å². The Labute approximate surface area is 202 Å². The van der Waals surface area contributed by atoms with Crippen molar-refractivity contribution < 1.29 is 8.42 Å². The maximum absolute atomic E-state index is 11.9. The van der Waals surface area contributed by atoms with Crippen LogP contribution in [0.15, 0.2) is 36.2 Å². The van der Waals surface area contributed by atoms with E-state index in [1.807, 2.05) is 30.1 Å². The Morgan fingerprint density at radius 1 is 1.41 bits per heavy atom. The van der Waals surface area contributed by atoms with E-state index in [-0.39, 0.29) is 5.92 Å². The van der Waals surface area contributed by atoms with Gasteiger partial charge in [0.2, 0.25) is 10.0 Å². The van der Waals surface area contributed by atoms with E-state index in [2.05, 4.69) is 26.4 Å². The summed E-state index contributed by atoms with van der Waals surface area (Å²) in [7, 11) is 0.361. The van der Waals surface area contributed by atoms with Gasteiger partial charge in [0, 0.05) is 57.5 Å². The Morgan fingerprint density at radius 3 is 2.82 bits per heavy atom. The van der Waals surface area contributed by atoms with Crippen molar-refractivity contribution in [2.75, 3.05) is 38.3 Å². The summed E-state index contributed by atoms with van der Waals surface area (Å²) in [5, 5.41) is 8.40. The smallest absolute Gasteiger partial charge is 0.211 e. The molecule has 3 aromatic rings. The molecule has 3 N–H and O–H groups in total. The Hall–Kier alpha value is -2.87. The molecule has 1 aliphatic rings. The van der Waals surface area contributed by atoms with Gasteiger partial charge in [-0.3, -0.25) is 14.2 Å². The van der Waals surface area contributed by atoms with E-state index in [0.29, 0.717) is 43.1 Å². The highest BCUT2D eigenvalue weighted by Gasteiger charge is 2.31. The fraction of sp³-hybridized carbons (Fsp3) is 0.429.